The standard InChI is InChI=1S/C9H19N3/c1-8(2)12(4)6-5-11-9(3)7-10/h8-9,11H,5-6H2,1-4H3. The van der Waals surface area contributed by atoms with E-state index in [-0.39, 0.29) is 6.04 Å². The Hall–Kier alpha value is -0.590. The maximum atomic E-state index is 8.48. The van der Waals surface area contributed by atoms with Crippen molar-refractivity contribution in [3.05, 3.63) is 0 Å². The van der Waals surface area contributed by atoms with E-state index in [1.165, 1.54) is 0 Å². The van der Waals surface area contributed by atoms with Gasteiger partial charge in [0.15, 0.2) is 0 Å². The zero-order valence-corrected chi connectivity index (χ0v) is 8.46. The van der Waals surface area contributed by atoms with Gasteiger partial charge in [0.05, 0.1) is 12.1 Å². The summed E-state index contributed by atoms with van der Waals surface area (Å²) in [6.07, 6.45) is 0. The molecule has 12 heavy (non-hydrogen) atoms. The van der Waals surface area contributed by atoms with E-state index in [4.69, 9.17) is 5.26 Å². The zero-order chi connectivity index (χ0) is 9.56. The second kappa shape index (κ2) is 5.99. The van der Waals surface area contributed by atoms with Crippen LogP contribution in [0.5, 0.6) is 0 Å². The molecule has 0 radical (unpaired) electrons. The fraction of sp³-hybridized carbons (Fsp3) is 0.889. The molecule has 3 nitrogen and oxygen atoms in total. The zero-order valence-electron chi connectivity index (χ0n) is 8.46. The lowest BCUT2D eigenvalue weighted by Crippen LogP contribution is -2.36. The van der Waals surface area contributed by atoms with Crippen LogP contribution in [-0.4, -0.2) is 37.1 Å². The first-order valence-electron chi connectivity index (χ1n) is 4.41. The number of hydrogen-bond donors (Lipinski definition) is 1. The van der Waals surface area contributed by atoms with Gasteiger partial charge in [-0.15, -0.1) is 0 Å². The fourth-order valence-electron chi connectivity index (χ4n) is 0.761. The van der Waals surface area contributed by atoms with Crippen LogP contribution in [0.2, 0.25) is 0 Å². The van der Waals surface area contributed by atoms with Gasteiger partial charge in [-0.05, 0) is 27.8 Å². The predicted molar refractivity (Wildman–Crippen MR) is 50.8 cm³/mol. The molecule has 0 fully saturated rings. The molecular weight excluding hydrogens is 150 g/mol. The SMILES string of the molecule is CC(C#N)NCCN(C)C(C)C. The van der Waals surface area contributed by atoms with Crippen molar-refractivity contribution in [3.8, 4) is 6.07 Å². The second-order valence-corrected chi connectivity index (χ2v) is 3.38. The van der Waals surface area contributed by atoms with Gasteiger partial charge in [0.25, 0.3) is 0 Å². The van der Waals surface area contributed by atoms with Crippen LogP contribution in [0.1, 0.15) is 20.8 Å². The van der Waals surface area contributed by atoms with Gasteiger partial charge in [-0.2, -0.15) is 5.26 Å². The highest BCUT2D eigenvalue weighted by Gasteiger charge is 2.02. The third-order valence-electron chi connectivity index (χ3n) is 1.99. The molecule has 0 rings (SSSR count). The molecule has 0 aliphatic heterocycles. The Morgan fingerprint density at radius 3 is 2.42 bits per heavy atom. The predicted octanol–water partition coefficient (Wildman–Crippen LogP) is 0.828. The first-order valence-corrected chi connectivity index (χ1v) is 4.41. The van der Waals surface area contributed by atoms with Crippen LogP contribution < -0.4 is 5.32 Å². The molecule has 0 aromatic carbocycles. The molecule has 0 saturated heterocycles. The maximum Gasteiger partial charge on any atom is 0.0924 e. The second-order valence-electron chi connectivity index (χ2n) is 3.38. The van der Waals surface area contributed by atoms with Crippen LogP contribution in [0.15, 0.2) is 0 Å². The van der Waals surface area contributed by atoms with Crippen LogP contribution in [0.3, 0.4) is 0 Å². The molecule has 3 heteroatoms. The van der Waals surface area contributed by atoms with E-state index in [0.717, 1.165) is 13.1 Å². The highest BCUT2D eigenvalue weighted by atomic mass is 15.1. The smallest absolute Gasteiger partial charge is 0.0924 e. The summed E-state index contributed by atoms with van der Waals surface area (Å²) in [6, 6.07) is 2.68. The maximum absolute atomic E-state index is 8.48. The van der Waals surface area contributed by atoms with Crippen molar-refractivity contribution in [2.24, 2.45) is 0 Å². The number of nitriles is 1. The van der Waals surface area contributed by atoms with Gasteiger partial charge in [-0.1, -0.05) is 0 Å². The van der Waals surface area contributed by atoms with Crippen LogP contribution >= 0.6 is 0 Å². The molecule has 0 heterocycles. The molecule has 1 unspecified atom stereocenters. The lowest BCUT2D eigenvalue weighted by Gasteiger charge is -2.21. The quantitative estimate of drug-likeness (QED) is 0.662. The van der Waals surface area contributed by atoms with Crippen molar-refractivity contribution in [2.75, 3.05) is 20.1 Å². The summed E-state index contributed by atoms with van der Waals surface area (Å²) >= 11 is 0. The molecular formula is C9H19N3. The minimum Gasteiger partial charge on any atom is -0.303 e. The van der Waals surface area contributed by atoms with Crippen molar-refractivity contribution in [3.63, 3.8) is 0 Å². The van der Waals surface area contributed by atoms with Crippen LogP contribution in [0.25, 0.3) is 0 Å². The summed E-state index contributed by atoms with van der Waals surface area (Å²) in [6.45, 7) is 8.06. The van der Waals surface area contributed by atoms with E-state index >= 15 is 0 Å². The summed E-state index contributed by atoms with van der Waals surface area (Å²) < 4.78 is 0. The third-order valence-corrected chi connectivity index (χ3v) is 1.99. The van der Waals surface area contributed by atoms with E-state index in [1.54, 1.807) is 0 Å². The third kappa shape index (κ3) is 5.11. The van der Waals surface area contributed by atoms with Crippen molar-refractivity contribution in [1.82, 2.24) is 10.2 Å². The van der Waals surface area contributed by atoms with Crippen LogP contribution in [0.4, 0.5) is 0 Å². The van der Waals surface area contributed by atoms with Crippen molar-refractivity contribution >= 4 is 0 Å². The summed E-state index contributed by atoms with van der Waals surface area (Å²) in [5.41, 5.74) is 0. The molecule has 0 aliphatic rings. The fourth-order valence-corrected chi connectivity index (χ4v) is 0.761. The van der Waals surface area contributed by atoms with Crippen LogP contribution in [-0.2, 0) is 0 Å². The Morgan fingerprint density at radius 2 is 2.00 bits per heavy atom. The van der Waals surface area contributed by atoms with Gasteiger partial charge in [-0.3, -0.25) is 0 Å². The molecule has 70 valence electrons. The largest absolute Gasteiger partial charge is 0.303 e. The average molecular weight is 169 g/mol. The van der Waals surface area contributed by atoms with Gasteiger partial charge >= 0.3 is 0 Å². The summed E-state index contributed by atoms with van der Waals surface area (Å²) in [4.78, 5) is 2.25. The summed E-state index contributed by atoms with van der Waals surface area (Å²) in [5.74, 6) is 0. The Morgan fingerprint density at radius 1 is 1.42 bits per heavy atom. The summed E-state index contributed by atoms with van der Waals surface area (Å²) in [7, 11) is 2.09. The average Bonchev–Trinajstić information content (AvgIpc) is 2.03. The molecule has 0 spiro atoms. The van der Waals surface area contributed by atoms with Gasteiger partial charge in [0, 0.05) is 19.1 Å². The normalized spacial score (nSPS) is 13.4. The molecule has 0 aromatic heterocycles. The number of likely N-dealkylation sites (N-methyl/N-ethyl adjacent to an activating group) is 1. The molecule has 0 saturated carbocycles. The lowest BCUT2D eigenvalue weighted by atomic mass is 10.3. The van der Waals surface area contributed by atoms with E-state index in [0.29, 0.717) is 6.04 Å². The van der Waals surface area contributed by atoms with Crippen LogP contribution in [0, 0.1) is 11.3 Å². The number of rotatable bonds is 5. The number of nitrogens with zero attached hydrogens (tertiary/aromatic N) is 2. The molecule has 1 atom stereocenters. The highest BCUT2D eigenvalue weighted by Crippen LogP contribution is 1.90. The lowest BCUT2D eigenvalue weighted by molar-refractivity contribution is 0.272. The van der Waals surface area contributed by atoms with E-state index in [1.807, 2.05) is 6.92 Å². The van der Waals surface area contributed by atoms with Crippen molar-refractivity contribution in [1.29, 1.82) is 5.26 Å². The Labute approximate surface area is 75.4 Å². The Bertz CT molecular complexity index is 148. The minimum atomic E-state index is -0.0365. The molecule has 0 bridgehead atoms. The van der Waals surface area contributed by atoms with Crippen molar-refractivity contribution in [2.45, 2.75) is 32.9 Å². The molecule has 0 amide bonds. The van der Waals surface area contributed by atoms with E-state index in [9.17, 15) is 0 Å². The minimum absolute atomic E-state index is 0.0365. The number of nitrogens with one attached hydrogen (secondary N) is 1. The van der Waals surface area contributed by atoms with E-state index < -0.39 is 0 Å². The van der Waals surface area contributed by atoms with Gasteiger partial charge in [0.2, 0.25) is 0 Å². The van der Waals surface area contributed by atoms with Gasteiger partial charge in [0.1, 0.15) is 0 Å². The number of hydrogen-bond acceptors (Lipinski definition) is 3. The van der Waals surface area contributed by atoms with Gasteiger partial charge in [-0.25, -0.2) is 0 Å². The topological polar surface area (TPSA) is 39.1 Å². The monoisotopic (exact) mass is 169 g/mol. The van der Waals surface area contributed by atoms with E-state index in [2.05, 4.69) is 37.2 Å². The molecule has 1 N–H and O–H groups in total. The molecule has 0 aromatic rings. The first kappa shape index (κ1) is 11.4. The molecule has 0 aliphatic carbocycles. The van der Waals surface area contributed by atoms with Crippen molar-refractivity contribution < 1.29 is 0 Å². The highest BCUT2D eigenvalue weighted by molar-refractivity contribution is 4.85. The Kier molecular flexibility index (Phi) is 5.69. The summed E-state index contributed by atoms with van der Waals surface area (Å²) in [5, 5.41) is 11.6. The first-order chi connectivity index (χ1) is 5.57. The van der Waals surface area contributed by atoms with Gasteiger partial charge < -0.3 is 10.2 Å². The Balaban J connectivity index is 3.38.